The predicted molar refractivity (Wildman–Crippen MR) is 179 cm³/mol. The molecule has 0 radical (unpaired) electrons. The highest BCUT2D eigenvalue weighted by molar-refractivity contribution is 7.26. The van der Waals surface area contributed by atoms with E-state index in [-0.39, 0.29) is 0 Å². The van der Waals surface area contributed by atoms with E-state index < -0.39 is 0 Å². The van der Waals surface area contributed by atoms with Crippen LogP contribution in [0.3, 0.4) is 0 Å². The summed E-state index contributed by atoms with van der Waals surface area (Å²) in [6.07, 6.45) is 3.63. The molecule has 0 saturated carbocycles. The number of hydrogen-bond donors (Lipinski definition) is 0. The molecule has 7 heteroatoms. The second-order valence-electron chi connectivity index (χ2n) is 10.6. The van der Waals surface area contributed by atoms with Crippen LogP contribution in [0.2, 0.25) is 0 Å². The van der Waals surface area contributed by atoms with Gasteiger partial charge in [-0.05, 0) is 42.5 Å². The Hall–Kier alpha value is -5.79. The van der Waals surface area contributed by atoms with Crippen LogP contribution in [0.25, 0.3) is 82.1 Å². The van der Waals surface area contributed by atoms with E-state index in [1.165, 1.54) is 20.2 Å². The zero-order valence-corrected chi connectivity index (χ0v) is 24.1. The second kappa shape index (κ2) is 9.90. The highest BCUT2D eigenvalue weighted by Gasteiger charge is 2.22. The lowest BCUT2D eigenvalue weighted by Gasteiger charge is -2.11. The minimum absolute atomic E-state index is 0.552. The largest absolute Gasteiger partial charge is 0.275 e. The molecule has 0 spiro atoms. The van der Waals surface area contributed by atoms with Gasteiger partial charge in [-0.3, -0.25) is 9.55 Å². The topological polar surface area (TPSA) is 69.4 Å². The Bertz CT molecular complexity index is 2430. The highest BCUT2D eigenvalue weighted by Crippen LogP contribution is 2.42. The maximum absolute atomic E-state index is 5.22. The zero-order chi connectivity index (χ0) is 29.0. The molecule has 0 atom stereocenters. The van der Waals surface area contributed by atoms with Gasteiger partial charge in [0.1, 0.15) is 0 Å². The SMILES string of the molecule is c1ccc(-c2nc(-c3ccccc3)nc(-n3c4ccc(-c5cccnc5)nc4c4ccc5sc6ccccc6c5c43)n2)cc1. The Morgan fingerprint density at radius 2 is 1.23 bits per heavy atom. The number of hydrogen-bond acceptors (Lipinski definition) is 6. The molecular weight excluding hydrogens is 561 g/mol. The average molecular weight is 583 g/mol. The lowest BCUT2D eigenvalue weighted by molar-refractivity contribution is 0.954. The Balaban J connectivity index is 1.43. The minimum Gasteiger partial charge on any atom is -0.275 e. The average Bonchev–Trinajstić information content (AvgIpc) is 3.64. The number of pyridine rings is 2. The molecule has 5 heterocycles. The number of fused-ring (bicyclic) bond motifs is 7. The molecule has 0 aliphatic rings. The third-order valence-electron chi connectivity index (χ3n) is 7.95. The lowest BCUT2D eigenvalue weighted by Crippen LogP contribution is -2.06. The fraction of sp³-hybridized carbons (Fsp3) is 0. The van der Waals surface area contributed by atoms with Crippen molar-refractivity contribution in [2.45, 2.75) is 0 Å². The fourth-order valence-corrected chi connectivity index (χ4v) is 7.06. The van der Waals surface area contributed by atoms with Crippen molar-refractivity contribution in [3.8, 4) is 40.0 Å². The van der Waals surface area contributed by atoms with Gasteiger partial charge in [0.05, 0.1) is 22.2 Å². The summed E-state index contributed by atoms with van der Waals surface area (Å²) in [5.41, 5.74) is 6.55. The predicted octanol–water partition coefficient (Wildman–Crippen LogP) is 9.13. The van der Waals surface area contributed by atoms with Gasteiger partial charge in [-0.1, -0.05) is 78.9 Å². The third-order valence-corrected chi connectivity index (χ3v) is 9.09. The maximum Gasteiger partial charge on any atom is 0.238 e. The normalized spacial score (nSPS) is 11.6. The van der Waals surface area contributed by atoms with E-state index in [1.807, 2.05) is 79.0 Å². The first-order valence-corrected chi connectivity index (χ1v) is 15.2. The van der Waals surface area contributed by atoms with Crippen LogP contribution in [0.15, 0.2) is 134 Å². The molecule has 9 rings (SSSR count). The van der Waals surface area contributed by atoms with Crippen molar-refractivity contribution < 1.29 is 0 Å². The molecule has 4 aromatic carbocycles. The summed E-state index contributed by atoms with van der Waals surface area (Å²) >= 11 is 1.80. The van der Waals surface area contributed by atoms with Crippen LogP contribution in [0.1, 0.15) is 0 Å². The number of benzene rings is 4. The molecule has 0 fully saturated rings. The van der Waals surface area contributed by atoms with Crippen molar-refractivity contribution in [2.75, 3.05) is 0 Å². The smallest absolute Gasteiger partial charge is 0.238 e. The molecular formula is C37H22N6S. The van der Waals surface area contributed by atoms with Crippen molar-refractivity contribution in [3.05, 3.63) is 134 Å². The number of aromatic nitrogens is 6. The van der Waals surface area contributed by atoms with Gasteiger partial charge in [0.25, 0.3) is 0 Å². The van der Waals surface area contributed by atoms with Crippen LogP contribution in [-0.4, -0.2) is 29.5 Å². The minimum atomic E-state index is 0.552. The maximum atomic E-state index is 5.22. The van der Waals surface area contributed by atoms with Crippen LogP contribution < -0.4 is 0 Å². The van der Waals surface area contributed by atoms with Crippen molar-refractivity contribution in [2.24, 2.45) is 0 Å². The van der Waals surface area contributed by atoms with Gasteiger partial charge in [-0.15, -0.1) is 11.3 Å². The number of nitrogens with zero attached hydrogens (tertiary/aromatic N) is 6. The zero-order valence-electron chi connectivity index (χ0n) is 23.3. The lowest BCUT2D eigenvalue weighted by atomic mass is 10.1. The number of thiophene rings is 1. The monoisotopic (exact) mass is 582 g/mol. The van der Waals surface area contributed by atoms with Gasteiger partial charge in [0, 0.05) is 54.6 Å². The first-order chi connectivity index (χ1) is 21.8. The van der Waals surface area contributed by atoms with Crippen LogP contribution in [-0.2, 0) is 0 Å². The summed E-state index contributed by atoms with van der Waals surface area (Å²) in [5, 5.41) is 3.42. The summed E-state index contributed by atoms with van der Waals surface area (Å²) < 4.78 is 4.62. The van der Waals surface area contributed by atoms with Gasteiger partial charge in [0.2, 0.25) is 5.95 Å². The molecule has 9 aromatic rings. The molecule has 0 bridgehead atoms. The van der Waals surface area contributed by atoms with Crippen LogP contribution in [0, 0.1) is 0 Å². The molecule has 0 aliphatic carbocycles. The Kier molecular flexibility index (Phi) is 5.57. The van der Waals surface area contributed by atoms with Crippen LogP contribution in [0.4, 0.5) is 0 Å². The van der Waals surface area contributed by atoms with E-state index in [1.54, 1.807) is 17.5 Å². The molecule has 0 aliphatic heterocycles. The van der Waals surface area contributed by atoms with Gasteiger partial charge >= 0.3 is 0 Å². The van der Waals surface area contributed by atoms with E-state index in [0.717, 1.165) is 44.3 Å². The summed E-state index contributed by atoms with van der Waals surface area (Å²) in [5.74, 6) is 1.79. The van der Waals surface area contributed by atoms with Crippen molar-refractivity contribution in [1.82, 2.24) is 29.5 Å². The fourth-order valence-electron chi connectivity index (χ4n) is 5.95. The molecule has 5 aromatic heterocycles. The molecule has 0 unspecified atom stereocenters. The molecule has 0 amide bonds. The number of rotatable bonds is 4. The molecule has 0 N–H and O–H groups in total. The quantitative estimate of drug-likeness (QED) is 0.207. The van der Waals surface area contributed by atoms with E-state index in [0.29, 0.717) is 17.6 Å². The second-order valence-corrected chi connectivity index (χ2v) is 11.7. The van der Waals surface area contributed by atoms with Crippen molar-refractivity contribution in [1.29, 1.82) is 0 Å². The Morgan fingerprint density at radius 3 is 1.95 bits per heavy atom. The molecule has 0 saturated heterocycles. The van der Waals surface area contributed by atoms with Gasteiger partial charge in [-0.25, -0.2) is 9.97 Å². The van der Waals surface area contributed by atoms with E-state index in [2.05, 4.69) is 58.1 Å². The summed E-state index contributed by atoms with van der Waals surface area (Å²) in [6.45, 7) is 0. The third kappa shape index (κ3) is 3.91. The van der Waals surface area contributed by atoms with E-state index in [9.17, 15) is 0 Å². The standard InChI is InChI=1S/C37H22N6S/c1-3-10-23(11-4-1)35-40-36(24-12-5-2-6-13-24)42-37(41-35)43-29-19-18-28(25-14-9-21-38-22-25)39-33(29)27-17-20-31-32(34(27)43)26-15-7-8-16-30(26)44-31/h1-22H. The molecule has 206 valence electrons. The van der Waals surface area contributed by atoms with Gasteiger partial charge in [0.15, 0.2) is 11.6 Å². The summed E-state index contributed by atoms with van der Waals surface area (Å²) in [6, 6.07) is 41.3. The highest BCUT2D eigenvalue weighted by atomic mass is 32.1. The first kappa shape index (κ1) is 24.8. The van der Waals surface area contributed by atoms with Crippen molar-refractivity contribution in [3.63, 3.8) is 0 Å². The van der Waals surface area contributed by atoms with Gasteiger partial charge in [-0.2, -0.15) is 9.97 Å². The first-order valence-electron chi connectivity index (χ1n) is 14.3. The van der Waals surface area contributed by atoms with Gasteiger partial charge < -0.3 is 0 Å². The van der Waals surface area contributed by atoms with E-state index >= 15 is 0 Å². The summed E-state index contributed by atoms with van der Waals surface area (Å²) in [4.78, 5) is 24.8. The molecule has 6 nitrogen and oxygen atoms in total. The van der Waals surface area contributed by atoms with Crippen LogP contribution >= 0.6 is 11.3 Å². The van der Waals surface area contributed by atoms with Crippen molar-refractivity contribution >= 4 is 53.4 Å². The van der Waals surface area contributed by atoms with E-state index in [4.69, 9.17) is 19.9 Å². The molecule has 44 heavy (non-hydrogen) atoms. The van der Waals surface area contributed by atoms with Crippen LogP contribution in [0.5, 0.6) is 0 Å². The Labute approximate surface area is 256 Å². The Morgan fingerprint density at radius 1 is 0.523 bits per heavy atom. The summed E-state index contributed by atoms with van der Waals surface area (Å²) in [7, 11) is 0.